The highest BCUT2D eigenvalue weighted by Crippen LogP contribution is 2.25. The topological polar surface area (TPSA) is 98.6 Å². The number of carbonyl (C=O) groups excluding carboxylic acids is 1. The minimum Gasteiger partial charge on any atom is -0.481 e. The van der Waals surface area contributed by atoms with Crippen LogP contribution in [0.3, 0.4) is 0 Å². The average molecular weight is 356 g/mol. The maximum absolute atomic E-state index is 12.7. The molecule has 0 aliphatic heterocycles. The largest absolute Gasteiger partial charge is 0.481 e. The second-order valence-corrected chi connectivity index (χ2v) is 5.99. The summed E-state index contributed by atoms with van der Waals surface area (Å²) in [5.41, 5.74) is 1.40. The number of pyridine rings is 1. The first kappa shape index (κ1) is 17.7. The Morgan fingerprint density at radius 1 is 1.35 bits per heavy atom. The lowest BCUT2D eigenvalue weighted by Crippen LogP contribution is -2.15. The normalized spacial score (nSPS) is 11.1. The van der Waals surface area contributed by atoms with Crippen molar-refractivity contribution in [3.63, 3.8) is 0 Å². The summed E-state index contributed by atoms with van der Waals surface area (Å²) in [5.74, 6) is 0.167. The molecule has 0 aromatic carbocycles. The average Bonchev–Trinajstić information content (AvgIpc) is 3.02. The van der Waals surface area contributed by atoms with Gasteiger partial charge in [0.15, 0.2) is 5.82 Å². The second kappa shape index (κ2) is 6.99. The molecule has 0 aliphatic carbocycles. The lowest BCUT2D eigenvalue weighted by atomic mass is 10.0. The number of methoxy groups -OCH3 is 1. The van der Waals surface area contributed by atoms with Crippen LogP contribution in [0.25, 0.3) is 17.0 Å². The second-order valence-electron chi connectivity index (χ2n) is 5.99. The quantitative estimate of drug-likeness (QED) is 0.705. The molecule has 1 N–H and O–H groups in total. The minimum absolute atomic E-state index is 0.0527. The van der Waals surface area contributed by atoms with E-state index in [0.29, 0.717) is 28.2 Å². The Balaban J connectivity index is 2.23. The summed E-state index contributed by atoms with van der Waals surface area (Å²) in [7, 11) is 1.51. The fourth-order valence-electron chi connectivity index (χ4n) is 2.84. The fraction of sp³-hybridized carbons (Fsp3) is 0.333. The first-order valence-corrected chi connectivity index (χ1v) is 8.30. The van der Waals surface area contributed by atoms with Gasteiger partial charge in [-0.2, -0.15) is 0 Å². The molecule has 136 valence electrons. The van der Waals surface area contributed by atoms with Crippen LogP contribution < -0.4 is 10.3 Å². The van der Waals surface area contributed by atoms with E-state index in [1.807, 2.05) is 13.8 Å². The van der Waals surface area contributed by atoms with E-state index in [0.717, 1.165) is 0 Å². The molecule has 26 heavy (non-hydrogen) atoms. The van der Waals surface area contributed by atoms with Gasteiger partial charge >= 0.3 is 5.97 Å². The van der Waals surface area contributed by atoms with E-state index in [9.17, 15) is 9.59 Å². The van der Waals surface area contributed by atoms with Crippen molar-refractivity contribution in [3.8, 4) is 17.4 Å². The molecule has 0 aliphatic rings. The highest BCUT2D eigenvalue weighted by Gasteiger charge is 2.23. The molecule has 0 saturated heterocycles. The number of nitrogens with one attached hydrogen (secondary N) is 1. The van der Waals surface area contributed by atoms with Gasteiger partial charge in [-0.25, -0.2) is 14.3 Å². The summed E-state index contributed by atoms with van der Waals surface area (Å²) >= 11 is 0. The number of fused-ring (bicyclic) bond motifs is 1. The number of hydrogen-bond acceptors (Lipinski definition) is 6. The van der Waals surface area contributed by atoms with Crippen LogP contribution in [0.5, 0.6) is 5.88 Å². The number of nitrogens with zero attached hydrogens (tertiary/aromatic N) is 3. The van der Waals surface area contributed by atoms with Gasteiger partial charge in [-0.3, -0.25) is 4.79 Å². The number of aromatic nitrogens is 4. The maximum atomic E-state index is 12.7. The van der Waals surface area contributed by atoms with Gasteiger partial charge in [-0.1, -0.05) is 19.9 Å². The molecule has 0 bridgehead atoms. The molecule has 3 aromatic heterocycles. The summed E-state index contributed by atoms with van der Waals surface area (Å²) < 4.78 is 11.6. The summed E-state index contributed by atoms with van der Waals surface area (Å²) in [4.78, 5) is 32.0. The van der Waals surface area contributed by atoms with Crippen LogP contribution in [0.4, 0.5) is 0 Å². The van der Waals surface area contributed by atoms with Gasteiger partial charge in [0.25, 0.3) is 5.56 Å². The standard InChI is InChI=1S/C18H20N4O4/c1-5-26-18(24)11-9-22-15(14(11)10(2)3)17(23)20-16(21-22)12-7-6-8-13(19-12)25-4/h6-10H,5H2,1-4H3,(H,20,21,23). The van der Waals surface area contributed by atoms with Crippen molar-refractivity contribution in [2.24, 2.45) is 0 Å². The third kappa shape index (κ3) is 3.05. The van der Waals surface area contributed by atoms with Gasteiger partial charge in [-0.15, -0.1) is 5.10 Å². The molecule has 0 saturated carbocycles. The van der Waals surface area contributed by atoms with Crippen LogP contribution in [-0.2, 0) is 4.74 Å². The first-order chi connectivity index (χ1) is 12.5. The molecule has 0 spiro atoms. The van der Waals surface area contributed by atoms with Gasteiger partial charge in [0.1, 0.15) is 11.2 Å². The number of carbonyl (C=O) groups is 1. The molecular weight excluding hydrogens is 336 g/mol. The predicted octanol–water partition coefficient (Wildman–Crippen LogP) is 2.39. The van der Waals surface area contributed by atoms with E-state index < -0.39 is 5.97 Å². The summed E-state index contributed by atoms with van der Waals surface area (Å²) in [6.07, 6.45) is 1.53. The molecule has 0 atom stereocenters. The van der Waals surface area contributed by atoms with Crippen molar-refractivity contribution in [1.29, 1.82) is 0 Å². The molecule has 8 heteroatoms. The number of aromatic amines is 1. The fourth-order valence-corrected chi connectivity index (χ4v) is 2.84. The lowest BCUT2D eigenvalue weighted by Gasteiger charge is -2.07. The van der Waals surface area contributed by atoms with Gasteiger partial charge < -0.3 is 14.5 Å². The van der Waals surface area contributed by atoms with Crippen molar-refractivity contribution in [1.82, 2.24) is 19.6 Å². The van der Waals surface area contributed by atoms with E-state index >= 15 is 0 Å². The molecule has 0 fully saturated rings. The number of H-pyrrole nitrogens is 1. The van der Waals surface area contributed by atoms with Crippen molar-refractivity contribution >= 4 is 11.5 Å². The SMILES string of the molecule is CCOC(=O)c1cn2nc(-c3cccc(OC)n3)[nH]c(=O)c2c1C(C)C. The highest BCUT2D eigenvalue weighted by atomic mass is 16.5. The van der Waals surface area contributed by atoms with E-state index in [4.69, 9.17) is 9.47 Å². The van der Waals surface area contributed by atoms with Crippen LogP contribution in [0, 0.1) is 0 Å². The smallest absolute Gasteiger partial charge is 0.340 e. The zero-order valence-electron chi connectivity index (χ0n) is 15.1. The van der Waals surface area contributed by atoms with E-state index in [1.54, 1.807) is 25.1 Å². The third-order valence-corrected chi connectivity index (χ3v) is 3.93. The van der Waals surface area contributed by atoms with Gasteiger partial charge in [-0.05, 0) is 18.9 Å². The van der Waals surface area contributed by atoms with Crippen molar-refractivity contribution in [3.05, 3.63) is 45.9 Å². The van der Waals surface area contributed by atoms with E-state index in [-0.39, 0.29) is 23.9 Å². The van der Waals surface area contributed by atoms with Gasteiger partial charge in [0.05, 0.1) is 19.3 Å². The summed E-state index contributed by atoms with van der Waals surface area (Å²) in [6.45, 7) is 5.82. The molecule has 3 aromatic rings. The Morgan fingerprint density at radius 3 is 2.77 bits per heavy atom. The zero-order valence-corrected chi connectivity index (χ0v) is 15.1. The van der Waals surface area contributed by atoms with Crippen LogP contribution in [0.2, 0.25) is 0 Å². The Morgan fingerprint density at radius 2 is 2.12 bits per heavy atom. The molecule has 0 amide bonds. The Hall–Kier alpha value is -3.16. The highest BCUT2D eigenvalue weighted by molar-refractivity contribution is 5.94. The number of esters is 1. The maximum Gasteiger partial charge on any atom is 0.340 e. The summed E-state index contributed by atoms with van der Waals surface area (Å²) in [5, 5.41) is 4.42. The first-order valence-electron chi connectivity index (χ1n) is 8.30. The molecule has 0 unspecified atom stereocenters. The predicted molar refractivity (Wildman–Crippen MR) is 95.6 cm³/mol. The molecule has 8 nitrogen and oxygen atoms in total. The zero-order chi connectivity index (χ0) is 18.8. The Bertz CT molecular complexity index is 1020. The molecule has 3 rings (SSSR count). The lowest BCUT2D eigenvalue weighted by molar-refractivity contribution is 0.0525. The molecule has 0 radical (unpaired) electrons. The van der Waals surface area contributed by atoms with Crippen LogP contribution in [0.1, 0.15) is 42.6 Å². The number of rotatable bonds is 5. The molecule has 3 heterocycles. The van der Waals surface area contributed by atoms with Crippen LogP contribution in [-0.4, -0.2) is 39.3 Å². The van der Waals surface area contributed by atoms with Crippen molar-refractivity contribution < 1.29 is 14.3 Å². The van der Waals surface area contributed by atoms with E-state index in [2.05, 4.69) is 15.1 Å². The Kier molecular flexibility index (Phi) is 4.75. The van der Waals surface area contributed by atoms with Crippen LogP contribution in [0.15, 0.2) is 29.2 Å². The summed E-state index contributed by atoms with van der Waals surface area (Å²) in [6, 6.07) is 5.17. The number of hydrogen-bond donors (Lipinski definition) is 1. The monoisotopic (exact) mass is 356 g/mol. The van der Waals surface area contributed by atoms with E-state index in [1.165, 1.54) is 17.8 Å². The van der Waals surface area contributed by atoms with Gasteiger partial charge in [0.2, 0.25) is 5.88 Å². The van der Waals surface area contributed by atoms with Gasteiger partial charge in [0, 0.05) is 17.8 Å². The minimum atomic E-state index is -0.470. The van der Waals surface area contributed by atoms with Crippen molar-refractivity contribution in [2.75, 3.05) is 13.7 Å². The number of ether oxygens (including phenoxy) is 2. The van der Waals surface area contributed by atoms with Crippen molar-refractivity contribution in [2.45, 2.75) is 26.7 Å². The van der Waals surface area contributed by atoms with Crippen LogP contribution >= 0.6 is 0 Å². The molecular formula is C18H20N4O4. The third-order valence-electron chi connectivity index (χ3n) is 3.93. The Labute approximate surface area is 149 Å².